The number of fused-ring (bicyclic) bond motifs is 3. The first-order valence-electron chi connectivity index (χ1n) is 31.8. The monoisotopic (exact) mass is 1390 g/mol. The number of H-pyrrole nitrogens is 3. The second-order valence-electron chi connectivity index (χ2n) is 22.6. The van der Waals surface area contributed by atoms with Gasteiger partial charge in [0.15, 0.2) is 16.6 Å². The third-order valence-corrected chi connectivity index (χ3v) is 17.2. The molecular formula is C64H87Cl2N16O11S2-. The van der Waals surface area contributed by atoms with Gasteiger partial charge in [0, 0.05) is 64.5 Å². The SMILES string of the molecule is CCCc1nn(C)c2c(=O)[nH]c(-c3cc(CN4CCCN(C)CC4)ccc3OCC)nc12.CCCc1nn(C)c2c(=O)[nH]c(-c3cc(S(=O)(=O)Cl)ccc3OCC)nc12.CCCc1nn(C)c2c(=O)[nH]c(-c3ccccc3OCC)nc12.CN1CCCNCC1.O=S([O-])OCl. The van der Waals surface area contributed by atoms with Gasteiger partial charge in [-0.1, -0.05) is 58.2 Å². The van der Waals surface area contributed by atoms with E-state index in [4.69, 9.17) is 38.6 Å². The Morgan fingerprint density at radius 1 is 0.547 bits per heavy atom. The van der Waals surface area contributed by atoms with Crippen LogP contribution in [0.1, 0.15) is 96.3 Å². The van der Waals surface area contributed by atoms with Crippen LogP contribution in [-0.4, -0.2) is 177 Å². The number of halogens is 2. The zero-order chi connectivity index (χ0) is 68.9. The highest BCUT2D eigenvalue weighted by molar-refractivity contribution is 8.13. The quantitative estimate of drug-likeness (QED) is 0.0440. The van der Waals surface area contributed by atoms with E-state index >= 15 is 0 Å². The predicted octanol–water partition coefficient (Wildman–Crippen LogP) is 7.95. The van der Waals surface area contributed by atoms with E-state index < -0.39 is 20.4 Å². The number of hydrogen-bond acceptors (Lipinski definition) is 21. The molecule has 31 heteroatoms. The molecule has 516 valence electrons. The molecule has 2 saturated heterocycles. The molecule has 27 nitrogen and oxygen atoms in total. The molecule has 1 unspecified atom stereocenters. The number of likely N-dealkylation sites (N-methyl/N-ethyl adjacent to an activating group) is 2. The molecule has 2 aliphatic rings. The van der Waals surface area contributed by atoms with Crippen LogP contribution in [0.4, 0.5) is 0 Å². The average molecular weight is 1390 g/mol. The molecule has 11 rings (SSSR count). The highest BCUT2D eigenvalue weighted by Gasteiger charge is 2.23. The lowest BCUT2D eigenvalue weighted by Crippen LogP contribution is -2.28. The summed E-state index contributed by atoms with van der Waals surface area (Å²) in [6, 6.07) is 18.0. The summed E-state index contributed by atoms with van der Waals surface area (Å²) in [5, 5.41) is 16.7. The number of ether oxygens (including phenoxy) is 3. The first kappa shape index (κ1) is 74.9. The number of nitrogens with one attached hydrogen (secondary N) is 4. The van der Waals surface area contributed by atoms with Gasteiger partial charge in [0.2, 0.25) is 0 Å². The van der Waals surface area contributed by atoms with E-state index in [0.29, 0.717) is 93.7 Å². The van der Waals surface area contributed by atoms with Gasteiger partial charge in [-0.2, -0.15) is 19.0 Å². The van der Waals surface area contributed by atoms with Gasteiger partial charge in [-0.15, -0.1) is 0 Å². The van der Waals surface area contributed by atoms with Crippen LogP contribution in [0.2, 0.25) is 0 Å². The number of aromatic amines is 3. The van der Waals surface area contributed by atoms with Gasteiger partial charge in [-0.25, -0.2) is 27.6 Å². The Bertz CT molecular complexity index is 4340. The molecule has 0 aliphatic carbocycles. The minimum Gasteiger partial charge on any atom is -0.749 e. The summed E-state index contributed by atoms with van der Waals surface area (Å²) in [6.07, 6.45) is 7.47. The Morgan fingerprint density at radius 3 is 1.44 bits per heavy atom. The molecule has 3 aromatic carbocycles. The van der Waals surface area contributed by atoms with Crippen molar-refractivity contribution in [3.05, 3.63) is 114 Å². The van der Waals surface area contributed by atoms with Crippen LogP contribution in [0.3, 0.4) is 0 Å². The van der Waals surface area contributed by atoms with Gasteiger partial charge in [0.25, 0.3) is 25.7 Å². The zero-order valence-corrected chi connectivity index (χ0v) is 59.0. The molecular weight excluding hydrogens is 1300 g/mol. The smallest absolute Gasteiger partial charge is 0.277 e. The second-order valence-corrected chi connectivity index (χ2v) is 26.1. The van der Waals surface area contributed by atoms with Crippen LogP contribution >= 0.6 is 22.5 Å². The standard InChI is InChI=1S/C24H34N6O2.C17H19ClN4O4S.C17H20N4O2.C6H14N2.ClHO3S/c1-5-8-19-21-22(29(4)27-19)24(31)26-23(25-21)18-15-17(9-10-20(18)32-6-2)16-30-12-7-11-28(3)13-14-30;1-4-6-12-14-15(22(3)21-12)17(23)20-16(19-14)11-9-10(27(18,24)25)7-8-13(11)26-5-2;1-4-8-12-14-15(21(3)20-12)17(22)19-16(18-14)11-9-6-7-10-13(11)23-5-2;1-8-5-2-3-7-4-6-8;1-4-5(2)3/h9-10,15H,5-8,11-14,16H2,1-4H3,(H,25,26,31);7-9H,4-6H2,1-3H3,(H,19,20,23);6-7,9-10H,4-5,8H2,1-3H3,(H,18,19,22);7H,2-6H2,1H3;(H,2,3)/p-1. The maximum atomic E-state index is 12.9. The third-order valence-electron chi connectivity index (χ3n) is 15.4. The number of hydrogen-bond donors (Lipinski definition) is 4. The molecule has 2 aliphatic heterocycles. The summed E-state index contributed by atoms with van der Waals surface area (Å²) < 4.78 is 66.5. The highest BCUT2D eigenvalue weighted by Crippen LogP contribution is 2.34. The van der Waals surface area contributed by atoms with E-state index in [2.05, 4.69) is 116 Å². The van der Waals surface area contributed by atoms with Crippen molar-refractivity contribution in [1.82, 2.24) is 79.3 Å². The lowest BCUT2D eigenvalue weighted by molar-refractivity contribution is 0.269. The van der Waals surface area contributed by atoms with E-state index in [9.17, 15) is 22.8 Å². The number of aryl methyl sites for hydroxylation is 6. The fraction of sp³-hybridized carbons (Fsp3) is 0.484. The molecule has 0 spiro atoms. The highest BCUT2D eigenvalue weighted by atomic mass is 35.7. The Kier molecular flexibility index (Phi) is 28.4. The van der Waals surface area contributed by atoms with Crippen molar-refractivity contribution in [2.45, 2.75) is 104 Å². The Labute approximate surface area is 564 Å². The minimum absolute atomic E-state index is 0.106. The molecule has 0 bridgehead atoms. The number of nitrogens with zero attached hydrogens (tertiary/aromatic N) is 12. The van der Waals surface area contributed by atoms with Gasteiger partial charge in [-0.05, 0) is 141 Å². The van der Waals surface area contributed by atoms with Crippen LogP contribution in [0.5, 0.6) is 17.2 Å². The molecule has 0 amide bonds. The van der Waals surface area contributed by atoms with Gasteiger partial charge in [0.05, 0.1) is 70.4 Å². The topological polar surface area (TPSA) is 324 Å². The lowest BCUT2D eigenvalue weighted by atomic mass is 10.1. The molecule has 8 heterocycles. The van der Waals surface area contributed by atoms with Crippen LogP contribution in [0.15, 0.2) is 79.9 Å². The lowest BCUT2D eigenvalue weighted by Gasteiger charge is -2.21. The largest absolute Gasteiger partial charge is 0.749 e. The predicted molar refractivity (Wildman–Crippen MR) is 370 cm³/mol. The van der Waals surface area contributed by atoms with E-state index in [-0.39, 0.29) is 27.4 Å². The summed E-state index contributed by atoms with van der Waals surface area (Å²) in [5.74, 6) is 3.08. The maximum absolute atomic E-state index is 12.9. The number of aromatic nitrogens is 12. The summed E-state index contributed by atoms with van der Waals surface area (Å²) in [4.78, 5) is 67.8. The summed E-state index contributed by atoms with van der Waals surface area (Å²) in [7, 11) is 11.1. The van der Waals surface area contributed by atoms with Crippen molar-refractivity contribution in [1.29, 1.82) is 0 Å². The third kappa shape index (κ3) is 20.1. The summed E-state index contributed by atoms with van der Waals surface area (Å²) >= 11 is 1.67. The maximum Gasteiger partial charge on any atom is 0.277 e. The first-order chi connectivity index (χ1) is 45.6. The van der Waals surface area contributed by atoms with Crippen molar-refractivity contribution < 1.29 is 35.1 Å². The molecule has 1 atom stereocenters. The van der Waals surface area contributed by atoms with Crippen LogP contribution in [0.25, 0.3) is 67.3 Å². The Balaban J connectivity index is 0.000000185. The van der Waals surface area contributed by atoms with Crippen LogP contribution < -0.4 is 36.2 Å². The number of benzene rings is 3. The molecule has 9 aromatic rings. The van der Waals surface area contributed by atoms with Gasteiger partial charge in [-0.3, -0.25) is 33.3 Å². The van der Waals surface area contributed by atoms with Crippen molar-refractivity contribution in [3.8, 4) is 51.4 Å². The van der Waals surface area contributed by atoms with E-state index in [1.165, 1.54) is 60.9 Å². The normalized spacial score (nSPS) is 14.3. The average Bonchev–Trinajstić information content (AvgIpc) is 1.70. The molecule has 95 heavy (non-hydrogen) atoms. The molecule has 0 radical (unpaired) electrons. The van der Waals surface area contributed by atoms with Crippen molar-refractivity contribution >= 4 is 76.1 Å². The number of para-hydroxylation sites is 1. The summed E-state index contributed by atoms with van der Waals surface area (Å²) in [5.41, 5.74) is 8.03. The van der Waals surface area contributed by atoms with E-state index in [1.54, 1.807) is 37.4 Å². The fourth-order valence-electron chi connectivity index (χ4n) is 11.0. The first-order valence-corrected chi connectivity index (χ1v) is 35.5. The van der Waals surface area contributed by atoms with Crippen molar-refractivity contribution in [2.75, 3.05) is 86.3 Å². The molecule has 6 aromatic heterocycles. The number of rotatable bonds is 19. The van der Waals surface area contributed by atoms with E-state index in [0.717, 1.165) is 99.6 Å². The van der Waals surface area contributed by atoms with Gasteiger partial charge in [0.1, 0.15) is 62.6 Å². The fourth-order valence-corrected chi connectivity index (χ4v) is 11.8. The van der Waals surface area contributed by atoms with Crippen molar-refractivity contribution in [2.24, 2.45) is 21.1 Å². The Hall–Kier alpha value is -7.45. The van der Waals surface area contributed by atoms with Crippen LogP contribution in [-0.2, 0) is 71.1 Å². The Morgan fingerprint density at radius 2 is 0.979 bits per heavy atom. The minimum atomic E-state index is -3.95. The van der Waals surface area contributed by atoms with Gasteiger partial charge >= 0.3 is 0 Å². The van der Waals surface area contributed by atoms with E-state index in [1.807, 2.05) is 51.1 Å². The van der Waals surface area contributed by atoms with Crippen LogP contribution in [0, 0.1) is 0 Å². The second kappa shape index (κ2) is 36.1. The van der Waals surface area contributed by atoms with Crippen molar-refractivity contribution in [3.63, 3.8) is 0 Å². The summed E-state index contributed by atoms with van der Waals surface area (Å²) in [6.45, 7) is 23.4. The zero-order valence-electron chi connectivity index (χ0n) is 55.8. The van der Waals surface area contributed by atoms with Gasteiger partial charge < -0.3 is 48.8 Å². The molecule has 4 N–H and O–H groups in total. The molecule has 2 fully saturated rings. The molecule has 0 saturated carbocycles.